The lowest BCUT2D eigenvalue weighted by Gasteiger charge is -2.29. The van der Waals surface area contributed by atoms with E-state index in [1.54, 1.807) is 0 Å². The number of ether oxygens (including phenoxy) is 1. The zero-order chi connectivity index (χ0) is 13.4. The summed E-state index contributed by atoms with van der Waals surface area (Å²) in [4.78, 5) is 14.0. The van der Waals surface area contributed by atoms with Crippen LogP contribution in [0.15, 0.2) is 0 Å². The Bertz CT molecular complexity index is 318. The van der Waals surface area contributed by atoms with E-state index in [1.165, 1.54) is 0 Å². The van der Waals surface area contributed by atoms with Gasteiger partial charge in [-0.1, -0.05) is 0 Å². The van der Waals surface area contributed by atoms with Crippen LogP contribution in [0.5, 0.6) is 0 Å². The van der Waals surface area contributed by atoms with Crippen LogP contribution in [-0.4, -0.2) is 34.7 Å². The van der Waals surface area contributed by atoms with E-state index in [1.807, 2.05) is 25.7 Å². The Hall–Kier alpha value is -0.770. The van der Waals surface area contributed by atoms with E-state index in [-0.39, 0.29) is 11.6 Å². The van der Waals surface area contributed by atoms with Crippen molar-refractivity contribution in [2.75, 3.05) is 6.54 Å². The molecule has 2 aliphatic rings. The van der Waals surface area contributed by atoms with Gasteiger partial charge in [0.1, 0.15) is 5.60 Å². The Kier molecular flexibility index (Phi) is 3.58. The molecule has 0 aromatic carbocycles. The van der Waals surface area contributed by atoms with Crippen LogP contribution in [0.2, 0.25) is 0 Å². The van der Waals surface area contributed by atoms with Gasteiger partial charge in [0, 0.05) is 18.1 Å². The number of rotatable bonds is 3. The van der Waals surface area contributed by atoms with Gasteiger partial charge < -0.3 is 15.4 Å². The molecule has 0 bridgehead atoms. The predicted molar refractivity (Wildman–Crippen MR) is 71.3 cm³/mol. The van der Waals surface area contributed by atoms with Gasteiger partial charge in [-0.15, -0.1) is 0 Å². The van der Waals surface area contributed by atoms with Crippen molar-refractivity contribution in [1.82, 2.24) is 4.90 Å². The van der Waals surface area contributed by atoms with Crippen molar-refractivity contribution in [3.63, 3.8) is 0 Å². The van der Waals surface area contributed by atoms with Crippen molar-refractivity contribution in [2.45, 2.75) is 76.5 Å². The van der Waals surface area contributed by atoms with Gasteiger partial charge in [-0.3, -0.25) is 0 Å². The van der Waals surface area contributed by atoms with Crippen molar-refractivity contribution in [3.8, 4) is 0 Å². The summed E-state index contributed by atoms with van der Waals surface area (Å²) in [6, 6.07) is 0.334. The molecule has 1 amide bonds. The molecule has 0 aromatic heterocycles. The molecule has 1 aliphatic carbocycles. The van der Waals surface area contributed by atoms with Gasteiger partial charge in [0.25, 0.3) is 0 Å². The molecule has 1 saturated heterocycles. The van der Waals surface area contributed by atoms with Crippen molar-refractivity contribution >= 4 is 6.09 Å². The number of nitrogens with zero attached hydrogens (tertiary/aromatic N) is 1. The molecule has 18 heavy (non-hydrogen) atoms. The minimum absolute atomic E-state index is 0.0855. The first-order valence-corrected chi connectivity index (χ1v) is 7.08. The summed E-state index contributed by atoms with van der Waals surface area (Å²) in [5.74, 6) is 0. The van der Waals surface area contributed by atoms with E-state index in [0.717, 1.165) is 45.1 Å². The molecule has 1 atom stereocenters. The quantitative estimate of drug-likeness (QED) is 0.842. The fourth-order valence-corrected chi connectivity index (χ4v) is 2.56. The molecule has 104 valence electrons. The third-order valence-electron chi connectivity index (χ3n) is 3.87. The molecule has 0 spiro atoms. The average molecular weight is 254 g/mol. The molecule has 0 aromatic rings. The standard InChI is InChI=1S/C14H26N2O2/c1-13(2,3)18-12(17)16-10-4-5-11(16)6-7-14(15)8-9-14/h11H,4-10,15H2,1-3H3. The Morgan fingerprint density at radius 3 is 2.67 bits per heavy atom. The highest BCUT2D eigenvalue weighted by Crippen LogP contribution is 2.38. The number of carbonyl (C=O) groups excluding carboxylic acids is 1. The second-order valence-electron chi connectivity index (χ2n) is 6.87. The van der Waals surface area contributed by atoms with E-state index in [4.69, 9.17) is 10.5 Å². The van der Waals surface area contributed by atoms with E-state index >= 15 is 0 Å². The molecule has 2 N–H and O–H groups in total. The predicted octanol–water partition coefficient (Wildman–Crippen LogP) is 2.66. The first-order chi connectivity index (χ1) is 8.29. The second kappa shape index (κ2) is 4.72. The van der Waals surface area contributed by atoms with Gasteiger partial charge in [0.2, 0.25) is 0 Å². The van der Waals surface area contributed by atoms with Crippen LogP contribution in [0.1, 0.15) is 59.3 Å². The lowest BCUT2D eigenvalue weighted by Crippen LogP contribution is -2.40. The van der Waals surface area contributed by atoms with E-state index in [2.05, 4.69) is 0 Å². The Morgan fingerprint density at radius 2 is 2.11 bits per heavy atom. The van der Waals surface area contributed by atoms with Crippen molar-refractivity contribution < 1.29 is 9.53 Å². The zero-order valence-corrected chi connectivity index (χ0v) is 11.9. The highest BCUT2D eigenvalue weighted by Gasteiger charge is 2.40. The Morgan fingerprint density at radius 1 is 1.44 bits per heavy atom. The van der Waals surface area contributed by atoms with Gasteiger partial charge in [-0.2, -0.15) is 0 Å². The van der Waals surface area contributed by atoms with Crippen LogP contribution in [0.4, 0.5) is 4.79 Å². The summed E-state index contributed by atoms with van der Waals surface area (Å²) in [7, 11) is 0. The average Bonchev–Trinajstić information content (AvgIpc) is 2.79. The van der Waals surface area contributed by atoms with Crippen LogP contribution in [0, 0.1) is 0 Å². The number of hydrogen-bond acceptors (Lipinski definition) is 3. The van der Waals surface area contributed by atoms with E-state index in [9.17, 15) is 4.79 Å². The van der Waals surface area contributed by atoms with Crippen molar-refractivity contribution in [2.24, 2.45) is 5.73 Å². The molecule has 1 saturated carbocycles. The number of carbonyl (C=O) groups is 1. The maximum Gasteiger partial charge on any atom is 0.410 e. The van der Waals surface area contributed by atoms with Crippen molar-refractivity contribution in [1.29, 1.82) is 0 Å². The fraction of sp³-hybridized carbons (Fsp3) is 0.929. The van der Waals surface area contributed by atoms with E-state index in [0.29, 0.717) is 6.04 Å². The molecule has 1 unspecified atom stereocenters. The number of nitrogens with two attached hydrogens (primary N) is 1. The SMILES string of the molecule is CC(C)(C)OC(=O)N1CCCC1CCC1(N)CC1. The fourth-order valence-electron chi connectivity index (χ4n) is 2.56. The third-order valence-corrected chi connectivity index (χ3v) is 3.87. The third kappa shape index (κ3) is 3.61. The van der Waals surface area contributed by atoms with Crippen LogP contribution < -0.4 is 5.73 Å². The van der Waals surface area contributed by atoms with Crippen LogP contribution in [0.25, 0.3) is 0 Å². The minimum Gasteiger partial charge on any atom is -0.444 e. The normalized spacial score (nSPS) is 26.2. The molecule has 0 radical (unpaired) electrons. The van der Waals surface area contributed by atoms with E-state index < -0.39 is 5.60 Å². The maximum atomic E-state index is 12.1. The zero-order valence-electron chi connectivity index (χ0n) is 11.9. The van der Waals surface area contributed by atoms with Crippen LogP contribution >= 0.6 is 0 Å². The molecule has 1 heterocycles. The van der Waals surface area contributed by atoms with Gasteiger partial charge in [0.15, 0.2) is 0 Å². The minimum atomic E-state index is -0.407. The topological polar surface area (TPSA) is 55.6 Å². The molecule has 2 fully saturated rings. The van der Waals surface area contributed by atoms with Crippen molar-refractivity contribution in [3.05, 3.63) is 0 Å². The summed E-state index contributed by atoms with van der Waals surface area (Å²) in [6.07, 6.45) is 6.37. The van der Waals surface area contributed by atoms with Gasteiger partial charge in [-0.05, 0) is 59.3 Å². The van der Waals surface area contributed by atoms with Gasteiger partial charge in [-0.25, -0.2) is 4.79 Å². The number of amides is 1. The number of hydrogen-bond donors (Lipinski definition) is 1. The van der Waals surface area contributed by atoms with Gasteiger partial charge >= 0.3 is 6.09 Å². The summed E-state index contributed by atoms with van der Waals surface area (Å²) in [5.41, 5.74) is 5.79. The lowest BCUT2D eigenvalue weighted by molar-refractivity contribution is 0.0217. The monoisotopic (exact) mass is 254 g/mol. The molecule has 4 heteroatoms. The maximum absolute atomic E-state index is 12.1. The lowest BCUT2D eigenvalue weighted by atomic mass is 10.0. The largest absolute Gasteiger partial charge is 0.444 e. The second-order valence-corrected chi connectivity index (χ2v) is 6.87. The summed E-state index contributed by atoms with van der Waals surface area (Å²) in [5, 5.41) is 0. The summed E-state index contributed by atoms with van der Waals surface area (Å²) in [6.45, 7) is 6.57. The Labute approximate surface area is 110 Å². The van der Waals surface area contributed by atoms with Crippen LogP contribution in [-0.2, 0) is 4.74 Å². The first-order valence-electron chi connectivity index (χ1n) is 7.08. The smallest absolute Gasteiger partial charge is 0.410 e. The number of likely N-dealkylation sites (tertiary alicyclic amines) is 1. The molecule has 2 rings (SSSR count). The summed E-state index contributed by atoms with van der Waals surface area (Å²) >= 11 is 0. The molecule has 1 aliphatic heterocycles. The highest BCUT2D eigenvalue weighted by molar-refractivity contribution is 5.68. The molecular formula is C14H26N2O2. The molecule has 4 nitrogen and oxygen atoms in total. The molecular weight excluding hydrogens is 228 g/mol. The Balaban J connectivity index is 1.84. The first kappa shape index (κ1) is 13.7. The summed E-state index contributed by atoms with van der Waals surface area (Å²) < 4.78 is 5.46. The van der Waals surface area contributed by atoms with Gasteiger partial charge in [0.05, 0.1) is 0 Å². The van der Waals surface area contributed by atoms with Crippen LogP contribution in [0.3, 0.4) is 0 Å². The highest BCUT2D eigenvalue weighted by atomic mass is 16.6.